The molecule has 2 heterocycles. The summed E-state index contributed by atoms with van der Waals surface area (Å²) in [6, 6.07) is 9.50. The van der Waals surface area contributed by atoms with Crippen LogP contribution in [0, 0.1) is 19.8 Å². The number of hydrogen-bond donors (Lipinski definition) is 2. The number of aromatic nitrogens is 3. The maximum Gasteiger partial charge on any atom is 0.278 e. The predicted octanol–water partition coefficient (Wildman–Crippen LogP) is 3.73. The Morgan fingerprint density at radius 1 is 1.30 bits per heavy atom. The minimum Gasteiger partial charge on any atom is -0.353 e. The summed E-state index contributed by atoms with van der Waals surface area (Å²) in [4.78, 5) is 32.9. The van der Waals surface area contributed by atoms with Gasteiger partial charge in [-0.3, -0.25) is 14.2 Å². The lowest BCUT2D eigenvalue weighted by Crippen LogP contribution is -2.26. The third-order valence-electron chi connectivity index (χ3n) is 4.14. The first-order valence-electron chi connectivity index (χ1n) is 8.93. The number of benzene rings is 1. The molecule has 0 unspecified atom stereocenters. The number of carbonyl (C=O) groups excluding carboxylic acids is 1. The second-order valence-electron chi connectivity index (χ2n) is 7.07. The van der Waals surface area contributed by atoms with Crippen LogP contribution >= 0.6 is 11.8 Å². The van der Waals surface area contributed by atoms with Gasteiger partial charge in [-0.15, -0.1) is 0 Å². The summed E-state index contributed by atoms with van der Waals surface area (Å²) in [7, 11) is 0. The first kappa shape index (κ1) is 19.2. The predicted molar refractivity (Wildman–Crippen MR) is 110 cm³/mol. The van der Waals surface area contributed by atoms with Crippen molar-refractivity contribution in [3.8, 4) is 0 Å². The van der Waals surface area contributed by atoms with E-state index in [0.29, 0.717) is 22.7 Å². The lowest BCUT2D eigenvalue weighted by atomic mass is 10.2. The van der Waals surface area contributed by atoms with Gasteiger partial charge in [0.2, 0.25) is 5.91 Å². The third kappa shape index (κ3) is 4.42. The van der Waals surface area contributed by atoms with E-state index in [-0.39, 0.29) is 23.1 Å². The lowest BCUT2D eigenvalue weighted by Gasteiger charge is -2.14. The Kier molecular flexibility index (Phi) is 5.70. The fourth-order valence-electron chi connectivity index (χ4n) is 2.88. The molecule has 0 saturated carbocycles. The van der Waals surface area contributed by atoms with Crippen LogP contribution in [0.5, 0.6) is 0 Å². The second kappa shape index (κ2) is 8.00. The molecule has 3 aromatic rings. The molecule has 6 nitrogen and oxygen atoms in total. The summed E-state index contributed by atoms with van der Waals surface area (Å²) < 4.78 is 1.66. The average Bonchev–Trinajstić information content (AvgIpc) is 2.98. The van der Waals surface area contributed by atoms with Crippen LogP contribution in [-0.2, 0) is 11.3 Å². The third-order valence-corrected chi connectivity index (χ3v) is 5.11. The lowest BCUT2D eigenvalue weighted by molar-refractivity contribution is -0.113. The Morgan fingerprint density at radius 3 is 2.74 bits per heavy atom. The van der Waals surface area contributed by atoms with Gasteiger partial charge in [0.15, 0.2) is 5.16 Å². The van der Waals surface area contributed by atoms with Gasteiger partial charge in [0, 0.05) is 17.9 Å². The summed E-state index contributed by atoms with van der Waals surface area (Å²) >= 11 is 1.29. The van der Waals surface area contributed by atoms with E-state index < -0.39 is 0 Å². The van der Waals surface area contributed by atoms with Gasteiger partial charge >= 0.3 is 0 Å². The smallest absolute Gasteiger partial charge is 0.278 e. The number of hydrogen-bond acceptors (Lipinski definition) is 4. The molecule has 0 aliphatic carbocycles. The molecule has 0 atom stereocenters. The van der Waals surface area contributed by atoms with Crippen LogP contribution < -0.4 is 10.9 Å². The Bertz CT molecular complexity index is 1040. The maximum absolute atomic E-state index is 12.9. The average molecular weight is 385 g/mol. The minimum absolute atomic E-state index is 0.0939. The van der Waals surface area contributed by atoms with Crippen molar-refractivity contribution in [1.82, 2.24) is 14.5 Å². The Labute approximate surface area is 162 Å². The highest BCUT2D eigenvalue weighted by Crippen LogP contribution is 2.20. The monoisotopic (exact) mass is 384 g/mol. The number of amides is 1. The van der Waals surface area contributed by atoms with Crippen molar-refractivity contribution in [2.45, 2.75) is 39.4 Å². The van der Waals surface area contributed by atoms with Crippen molar-refractivity contribution in [2.75, 3.05) is 11.1 Å². The molecule has 0 radical (unpaired) electrons. The highest BCUT2D eigenvalue weighted by atomic mass is 32.2. The molecule has 27 heavy (non-hydrogen) atoms. The minimum atomic E-state index is -0.120. The number of para-hydroxylation sites is 1. The van der Waals surface area contributed by atoms with Gasteiger partial charge in [0.05, 0.1) is 11.3 Å². The summed E-state index contributed by atoms with van der Waals surface area (Å²) in [5, 5.41) is 3.49. The van der Waals surface area contributed by atoms with Gasteiger partial charge in [0.25, 0.3) is 5.56 Å². The molecule has 0 bridgehead atoms. The fraction of sp³-hybridized carbons (Fsp3) is 0.350. The topological polar surface area (TPSA) is 79.8 Å². The fourth-order valence-corrected chi connectivity index (χ4v) is 3.69. The van der Waals surface area contributed by atoms with E-state index >= 15 is 0 Å². The Hall–Kier alpha value is -2.54. The SMILES string of the molecule is Cc1cc2nc(SCC(=O)Nc3ccccc3C)n(CC(C)C)c(=O)c2[nH]1. The molecule has 2 aromatic heterocycles. The van der Waals surface area contributed by atoms with Crippen molar-refractivity contribution in [2.24, 2.45) is 5.92 Å². The Morgan fingerprint density at radius 2 is 2.04 bits per heavy atom. The van der Waals surface area contributed by atoms with Gasteiger partial charge in [0.1, 0.15) is 5.52 Å². The molecule has 2 N–H and O–H groups in total. The van der Waals surface area contributed by atoms with Crippen LogP contribution in [0.1, 0.15) is 25.1 Å². The van der Waals surface area contributed by atoms with Gasteiger partial charge in [-0.2, -0.15) is 0 Å². The van der Waals surface area contributed by atoms with Gasteiger partial charge in [-0.05, 0) is 37.5 Å². The summed E-state index contributed by atoms with van der Waals surface area (Å²) in [5.74, 6) is 0.358. The summed E-state index contributed by atoms with van der Waals surface area (Å²) in [6.07, 6.45) is 0. The molecule has 142 valence electrons. The molecular formula is C20H24N4O2S. The van der Waals surface area contributed by atoms with E-state index in [1.165, 1.54) is 11.8 Å². The summed E-state index contributed by atoms with van der Waals surface area (Å²) in [6.45, 7) is 8.51. The highest BCUT2D eigenvalue weighted by molar-refractivity contribution is 7.99. The first-order chi connectivity index (χ1) is 12.8. The highest BCUT2D eigenvalue weighted by Gasteiger charge is 2.16. The zero-order valence-corrected chi connectivity index (χ0v) is 16.8. The number of H-pyrrole nitrogens is 1. The van der Waals surface area contributed by atoms with Crippen LogP contribution in [0.15, 0.2) is 40.3 Å². The normalized spacial score (nSPS) is 11.3. The second-order valence-corrected chi connectivity index (χ2v) is 8.01. The van der Waals surface area contributed by atoms with E-state index in [4.69, 9.17) is 0 Å². The van der Waals surface area contributed by atoms with E-state index in [1.807, 2.05) is 44.2 Å². The maximum atomic E-state index is 12.9. The number of fused-ring (bicyclic) bond motifs is 1. The largest absolute Gasteiger partial charge is 0.353 e. The zero-order valence-electron chi connectivity index (χ0n) is 16.0. The number of nitrogens with zero attached hydrogens (tertiary/aromatic N) is 2. The molecule has 0 fully saturated rings. The van der Waals surface area contributed by atoms with E-state index in [9.17, 15) is 9.59 Å². The van der Waals surface area contributed by atoms with Crippen LogP contribution in [0.4, 0.5) is 5.69 Å². The van der Waals surface area contributed by atoms with Crippen LogP contribution in [0.3, 0.4) is 0 Å². The molecule has 1 amide bonds. The van der Waals surface area contributed by atoms with Crippen LogP contribution in [0.2, 0.25) is 0 Å². The first-order valence-corrected chi connectivity index (χ1v) is 9.92. The van der Waals surface area contributed by atoms with Crippen molar-refractivity contribution < 1.29 is 4.79 Å². The number of thioether (sulfide) groups is 1. The molecule has 0 aliphatic rings. The molecule has 7 heteroatoms. The van der Waals surface area contributed by atoms with E-state index in [0.717, 1.165) is 16.9 Å². The molecular weight excluding hydrogens is 360 g/mol. The Balaban J connectivity index is 1.83. The number of nitrogens with one attached hydrogen (secondary N) is 2. The van der Waals surface area contributed by atoms with E-state index in [2.05, 4.69) is 29.1 Å². The molecule has 1 aromatic carbocycles. The quantitative estimate of drug-likeness (QED) is 0.501. The zero-order chi connectivity index (χ0) is 19.6. The van der Waals surface area contributed by atoms with Gasteiger partial charge in [-0.25, -0.2) is 4.98 Å². The number of anilines is 1. The van der Waals surface area contributed by atoms with Crippen molar-refractivity contribution in [3.63, 3.8) is 0 Å². The van der Waals surface area contributed by atoms with Crippen molar-refractivity contribution >= 4 is 34.4 Å². The molecule has 0 spiro atoms. The standard InChI is InChI=1S/C20H24N4O2S/c1-12(2)10-24-19(26)18-16(9-14(4)21-18)23-20(24)27-11-17(25)22-15-8-6-5-7-13(15)3/h5-9,12,21H,10-11H2,1-4H3,(H,22,25). The van der Waals surface area contributed by atoms with Crippen LogP contribution in [0.25, 0.3) is 11.0 Å². The molecule has 0 aliphatic heterocycles. The van der Waals surface area contributed by atoms with Gasteiger partial charge in [-0.1, -0.05) is 43.8 Å². The van der Waals surface area contributed by atoms with E-state index in [1.54, 1.807) is 4.57 Å². The number of aryl methyl sites for hydroxylation is 2. The van der Waals surface area contributed by atoms with Crippen LogP contribution in [-0.4, -0.2) is 26.2 Å². The number of aromatic amines is 1. The van der Waals surface area contributed by atoms with Crippen molar-refractivity contribution in [3.05, 3.63) is 51.9 Å². The number of carbonyl (C=O) groups is 1. The molecule has 3 rings (SSSR count). The summed E-state index contributed by atoms with van der Waals surface area (Å²) in [5.41, 5.74) is 3.76. The number of rotatable bonds is 6. The molecule has 0 saturated heterocycles. The van der Waals surface area contributed by atoms with Gasteiger partial charge < -0.3 is 10.3 Å². The van der Waals surface area contributed by atoms with Crippen molar-refractivity contribution in [1.29, 1.82) is 0 Å².